The second-order valence-electron chi connectivity index (χ2n) is 6.30. The molecule has 0 spiro atoms. The van der Waals surface area contributed by atoms with Gasteiger partial charge in [0.1, 0.15) is 11.4 Å². The number of hydrogen-bond acceptors (Lipinski definition) is 4. The van der Waals surface area contributed by atoms with E-state index in [0.29, 0.717) is 23.3 Å². The monoisotopic (exact) mass is 293 g/mol. The van der Waals surface area contributed by atoms with Crippen LogP contribution in [0, 0.1) is 11.8 Å². The molecule has 0 bridgehead atoms. The third-order valence-electron chi connectivity index (χ3n) is 3.37. The summed E-state index contributed by atoms with van der Waals surface area (Å²) in [6.07, 6.45) is 3.53. The summed E-state index contributed by atoms with van der Waals surface area (Å²) in [5.74, 6) is 0.670. The lowest BCUT2D eigenvalue weighted by molar-refractivity contribution is 0.0697. The Balaban J connectivity index is 3.02. The molecule has 0 aliphatic heterocycles. The van der Waals surface area contributed by atoms with Gasteiger partial charge in [-0.2, -0.15) is 0 Å². The summed E-state index contributed by atoms with van der Waals surface area (Å²) in [5.41, 5.74) is 6.23. The highest BCUT2D eigenvalue weighted by molar-refractivity contribution is 5.94. The zero-order valence-corrected chi connectivity index (χ0v) is 13.5. The van der Waals surface area contributed by atoms with Crippen molar-refractivity contribution in [1.82, 2.24) is 4.98 Å². The first-order valence-corrected chi connectivity index (χ1v) is 7.55. The van der Waals surface area contributed by atoms with Crippen LogP contribution >= 0.6 is 0 Å². The molecule has 0 saturated carbocycles. The molecule has 0 saturated heterocycles. The number of nitrogens with two attached hydrogens (primary N) is 1. The molecular formula is C16H27N3O2. The number of carboxylic acid groups (broad SMARTS) is 1. The Kier molecular flexibility index (Phi) is 6.46. The second-order valence-corrected chi connectivity index (χ2v) is 6.30. The smallest absolute Gasteiger partial charge is 0.339 e. The highest BCUT2D eigenvalue weighted by Gasteiger charge is 2.18. The van der Waals surface area contributed by atoms with Crippen LogP contribution in [0.3, 0.4) is 0 Å². The summed E-state index contributed by atoms with van der Waals surface area (Å²) in [4.78, 5) is 17.8. The molecule has 5 nitrogen and oxygen atoms in total. The van der Waals surface area contributed by atoms with E-state index in [2.05, 4.69) is 37.6 Å². The Hall–Kier alpha value is -1.78. The first kappa shape index (κ1) is 17.3. The van der Waals surface area contributed by atoms with E-state index in [-0.39, 0.29) is 5.56 Å². The molecule has 0 amide bonds. The first-order valence-electron chi connectivity index (χ1n) is 7.55. The van der Waals surface area contributed by atoms with Gasteiger partial charge in [0, 0.05) is 13.1 Å². The average Bonchev–Trinajstić information content (AvgIpc) is 2.38. The van der Waals surface area contributed by atoms with Crippen LogP contribution in [-0.2, 0) is 0 Å². The van der Waals surface area contributed by atoms with Gasteiger partial charge in [-0.15, -0.1) is 0 Å². The minimum Gasteiger partial charge on any atom is -0.478 e. The number of hydrogen-bond donors (Lipinski definition) is 2. The number of nitrogen functional groups attached to an aromatic ring is 1. The quantitative estimate of drug-likeness (QED) is 0.769. The van der Waals surface area contributed by atoms with Gasteiger partial charge in [0.2, 0.25) is 0 Å². The van der Waals surface area contributed by atoms with E-state index in [1.165, 1.54) is 12.3 Å². The number of rotatable bonds is 8. The van der Waals surface area contributed by atoms with Crippen LogP contribution in [0.4, 0.5) is 11.5 Å². The minimum absolute atomic E-state index is 0.183. The molecule has 3 N–H and O–H groups in total. The minimum atomic E-state index is -0.983. The predicted molar refractivity (Wildman–Crippen MR) is 86.7 cm³/mol. The maximum atomic E-state index is 11.4. The summed E-state index contributed by atoms with van der Waals surface area (Å²) in [7, 11) is 0. The van der Waals surface area contributed by atoms with Crippen molar-refractivity contribution in [2.45, 2.75) is 40.5 Å². The molecule has 1 aromatic rings. The Labute approximate surface area is 127 Å². The van der Waals surface area contributed by atoms with Crippen LogP contribution in [0.1, 0.15) is 50.9 Å². The fraction of sp³-hybridized carbons (Fsp3) is 0.625. The average molecular weight is 293 g/mol. The third kappa shape index (κ3) is 5.61. The van der Waals surface area contributed by atoms with Crippen molar-refractivity contribution < 1.29 is 9.90 Å². The van der Waals surface area contributed by atoms with Gasteiger partial charge in [0.15, 0.2) is 0 Å². The lowest BCUT2D eigenvalue weighted by Crippen LogP contribution is -2.30. The van der Waals surface area contributed by atoms with Crippen molar-refractivity contribution in [3.63, 3.8) is 0 Å². The maximum Gasteiger partial charge on any atom is 0.339 e. The topological polar surface area (TPSA) is 79.5 Å². The number of aromatic nitrogens is 1. The van der Waals surface area contributed by atoms with Gasteiger partial charge in [-0.25, -0.2) is 9.78 Å². The van der Waals surface area contributed by atoms with Crippen LogP contribution in [0.25, 0.3) is 0 Å². The van der Waals surface area contributed by atoms with E-state index in [1.807, 2.05) is 0 Å². The molecule has 0 fully saturated rings. The van der Waals surface area contributed by atoms with Gasteiger partial charge in [-0.1, -0.05) is 27.7 Å². The van der Waals surface area contributed by atoms with Gasteiger partial charge in [0.25, 0.3) is 0 Å². The van der Waals surface area contributed by atoms with Crippen LogP contribution < -0.4 is 10.6 Å². The zero-order valence-electron chi connectivity index (χ0n) is 13.5. The predicted octanol–water partition coefficient (Wildman–Crippen LogP) is 3.26. The number of nitrogens with zero attached hydrogens (tertiary/aromatic N) is 2. The SMILES string of the molecule is CC(C)CCN(CCC(C)C)c1ncc(N)cc1C(=O)O. The van der Waals surface area contributed by atoms with Crippen molar-refractivity contribution in [3.05, 3.63) is 17.8 Å². The number of carbonyl (C=O) groups is 1. The highest BCUT2D eigenvalue weighted by atomic mass is 16.4. The van der Waals surface area contributed by atoms with E-state index >= 15 is 0 Å². The number of pyridine rings is 1. The third-order valence-corrected chi connectivity index (χ3v) is 3.37. The fourth-order valence-corrected chi connectivity index (χ4v) is 2.03. The fourth-order valence-electron chi connectivity index (χ4n) is 2.03. The van der Waals surface area contributed by atoms with E-state index in [9.17, 15) is 9.90 Å². The Morgan fingerprint density at radius 3 is 2.19 bits per heavy atom. The van der Waals surface area contributed by atoms with Crippen molar-refractivity contribution in [2.75, 3.05) is 23.7 Å². The Morgan fingerprint density at radius 1 is 1.24 bits per heavy atom. The molecule has 0 unspecified atom stereocenters. The molecule has 0 radical (unpaired) electrons. The molecule has 21 heavy (non-hydrogen) atoms. The number of anilines is 2. The maximum absolute atomic E-state index is 11.4. The molecule has 1 heterocycles. The highest BCUT2D eigenvalue weighted by Crippen LogP contribution is 2.22. The molecule has 1 rings (SSSR count). The van der Waals surface area contributed by atoms with Gasteiger partial charge < -0.3 is 15.7 Å². The number of aromatic carboxylic acids is 1. The summed E-state index contributed by atoms with van der Waals surface area (Å²) in [6, 6.07) is 1.49. The molecule has 0 aliphatic rings. The van der Waals surface area contributed by atoms with Crippen molar-refractivity contribution in [2.24, 2.45) is 11.8 Å². The van der Waals surface area contributed by atoms with Crippen molar-refractivity contribution in [3.8, 4) is 0 Å². The van der Waals surface area contributed by atoms with E-state index < -0.39 is 5.97 Å². The second kappa shape index (κ2) is 7.86. The zero-order chi connectivity index (χ0) is 16.0. The van der Waals surface area contributed by atoms with Gasteiger partial charge in [0.05, 0.1) is 11.9 Å². The normalized spacial score (nSPS) is 11.1. The van der Waals surface area contributed by atoms with Crippen molar-refractivity contribution in [1.29, 1.82) is 0 Å². The van der Waals surface area contributed by atoms with Gasteiger partial charge in [-0.3, -0.25) is 0 Å². The molecule has 5 heteroatoms. The first-order chi connectivity index (χ1) is 9.81. The van der Waals surface area contributed by atoms with Gasteiger partial charge >= 0.3 is 5.97 Å². The summed E-state index contributed by atoms with van der Waals surface area (Å²) in [5, 5.41) is 9.37. The number of carboxylic acids is 1. The van der Waals surface area contributed by atoms with Crippen LogP contribution in [-0.4, -0.2) is 29.1 Å². The van der Waals surface area contributed by atoms with Gasteiger partial charge in [-0.05, 0) is 30.7 Å². The van der Waals surface area contributed by atoms with Crippen LogP contribution in [0.15, 0.2) is 12.3 Å². The molecule has 0 aromatic carbocycles. The molecular weight excluding hydrogens is 266 g/mol. The Bertz CT molecular complexity index is 461. The van der Waals surface area contributed by atoms with Crippen LogP contribution in [0.5, 0.6) is 0 Å². The van der Waals surface area contributed by atoms with E-state index in [0.717, 1.165) is 25.9 Å². The standard InChI is InChI=1S/C16H27N3O2/c1-11(2)5-7-19(8-6-12(3)4)15-14(16(20)21)9-13(17)10-18-15/h9-12H,5-8,17H2,1-4H3,(H,20,21). The summed E-state index contributed by atoms with van der Waals surface area (Å²) >= 11 is 0. The molecule has 1 aromatic heterocycles. The Morgan fingerprint density at radius 2 is 1.76 bits per heavy atom. The largest absolute Gasteiger partial charge is 0.478 e. The lowest BCUT2D eigenvalue weighted by Gasteiger charge is -2.26. The molecule has 0 atom stereocenters. The summed E-state index contributed by atoms with van der Waals surface area (Å²) < 4.78 is 0. The van der Waals surface area contributed by atoms with E-state index in [4.69, 9.17) is 5.73 Å². The van der Waals surface area contributed by atoms with Crippen LogP contribution in [0.2, 0.25) is 0 Å². The summed E-state index contributed by atoms with van der Waals surface area (Å²) in [6.45, 7) is 10.3. The van der Waals surface area contributed by atoms with Crippen molar-refractivity contribution >= 4 is 17.5 Å². The molecule has 0 aliphatic carbocycles. The lowest BCUT2D eigenvalue weighted by atomic mass is 10.1. The molecule has 118 valence electrons. The van der Waals surface area contributed by atoms with E-state index in [1.54, 1.807) is 0 Å².